The van der Waals surface area contributed by atoms with Gasteiger partial charge in [-0.2, -0.15) is 0 Å². The first kappa shape index (κ1) is 46.0. The standard InChI is InChI=1S/C49H70N2O10S/c1-11-30-13-12-14-38(61-40-20-19-37(51(6)7)27(4)57-40)26(3)43(53)35-23-33-32-21-31(60-49-46(56-10)45(55-9)44(54-8)28(5)58-49)22-36(32)47-42(41(33)34(35)24-39(52)59-30)50-48(62-47)29-17-15-25(2)16-18-29/h15-18,23,26-28,30-34,36-38,40-41,44-46,49H,11-14,19-22,24H2,1-10H3/t26-,27?,28?,30+,31+,32+,33+,34-,36-,37+,38+,40+,41-,44+,45?,46?,49+/m1/s1. The molecule has 1 aromatic carbocycles. The fourth-order valence-electron chi connectivity index (χ4n) is 11.9. The Labute approximate surface area is 372 Å². The fraction of sp³-hybridized carbons (Fsp3) is 0.735. The van der Waals surface area contributed by atoms with Gasteiger partial charge in [-0.1, -0.05) is 49.8 Å². The second-order valence-electron chi connectivity index (χ2n) is 19.1. The molecule has 13 heteroatoms. The lowest BCUT2D eigenvalue weighted by molar-refractivity contribution is -0.314. The first-order chi connectivity index (χ1) is 29.8. The summed E-state index contributed by atoms with van der Waals surface area (Å²) in [6.45, 7) is 10.3. The molecule has 0 radical (unpaired) electrons. The Morgan fingerprint density at radius 1 is 0.855 bits per heavy atom. The van der Waals surface area contributed by atoms with Gasteiger partial charge in [0.15, 0.2) is 18.4 Å². The zero-order valence-corrected chi connectivity index (χ0v) is 39.3. The molecule has 1 aromatic heterocycles. The average Bonchev–Trinajstić information content (AvgIpc) is 3.97. The van der Waals surface area contributed by atoms with Crippen molar-refractivity contribution in [1.29, 1.82) is 0 Å². The summed E-state index contributed by atoms with van der Waals surface area (Å²) in [4.78, 5) is 38.2. The van der Waals surface area contributed by atoms with Gasteiger partial charge in [-0.15, -0.1) is 11.3 Å². The van der Waals surface area contributed by atoms with E-state index in [1.165, 1.54) is 10.4 Å². The summed E-state index contributed by atoms with van der Waals surface area (Å²) in [6.07, 6.45) is 5.39. The number of thiazole rings is 1. The first-order valence-corrected chi connectivity index (χ1v) is 24.0. The van der Waals surface area contributed by atoms with Crippen LogP contribution >= 0.6 is 11.3 Å². The molecule has 0 amide bonds. The van der Waals surface area contributed by atoms with Crippen molar-refractivity contribution in [1.82, 2.24) is 9.88 Å². The third-order valence-electron chi connectivity index (χ3n) is 15.2. The number of hydrogen-bond acceptors (Lipinski definition) is 13. The van der Waals surface area contributed by atoms with Gasteiger partial charge in [-0.25, -0.2) is 4.98 Å². The number of ether oxygens (including phenoxy) is 8. The molecule has 6 aliphatic rings. The van der Waals surface area contributed by atoms with E-state index in [-0.39, 0.29) is 96.8 Å². The summed E-state index contributed by atoms with van der Waals surface area (Å²) in [5.74, 6) is -0.892. The van der Waals surface area contributed by atoms with Gasteiger partial charge in [-0.05, 0) is 104 Å². The molecular formula is C49H70N2O10S. The zero-order valence-electron chi connectivity index (χ0n) is 38.5. The molecule has 17 atom stereocenters. The Morgan fingerprint density at radius 2 is 1.60 bits per heavy atom. The lowest BCUT2D eigenvalue weighted by atomic mass is 9.67. The number of cyclic esters (lactones) is 1. The van der Waals surface area contributed by atoms with Crippen molar-refractivity contribution in [2.24, 2.45) is 23.7 Å². The number of nitrogens with zero attached hydrogens (tertiary/aromatic N) is 2. The molecule has 12 nitrogen and oxygen atoms in total. The predicted molar refractivity (Wildman–Crippen MR) is 236 cm³/mol. The molecule has 4 fully saturated rings. The first-order valence-electron chi connectivity index (χ1n) is 23.2. The Bertz CT molecular complexity index is 1900. The van der Waals surface area contributed by atoms with Gasteiger partial charge in [0, 0.05) is 61.5 Å². The van der Waals surface area contributed by atoms with Crippen molar-refractivity contribution in [3.8, 4) is 10.6 Å². The summed E-state index contributed by atoms with van der Waals surface area (Å²) in [6, 6.07) is 8.84. The van der Waals surface area contributed by atoms with Crippen LogP contribution in [0, 0.1) is 30.6 Å². The minimum Gasteiger partial charge on any atom is -0.462 e. The number of aromatic nitrogens is 1. The number of carbonyl (C=O) groups excluding carboxylic acids is 2. The molecule has 2 aromatic rings. The topological polar surface area (TPSA) is 124 Å². The van der Waals surface area contributed by atoms with Crippen LogP contribution in [0.3, 0.4) is 0 Å². The predicted octanol–water partition coefficient (Wildman–Crippen LogP) is 8.00. The maximum Gasteiger partial charge on any atom is 0.306 e. The largest absolute Gasteiger partial charge is 0.462 e. The Balaban J connectivity index is 1.14. The molecule has 4 unspecified atom stereocenters. The zero-order chi connectivity index (χ0) is 44.0. The molecule has 1 saturated carbocycles. The number of rotatable bonds is 10. The number of allylic oxidation sites excluding steroid dienone is 2. The number of Topliss-reactive ketones (excluding diaryl/α,β-unsaturated/α-hetero) is 1. The maximum atomic E-state index is 15.2. The van der Waals surface area contributed by atoms with E-state index in [2.05, 4.69) is 70.1 Å². The van der Waals surface area contributed by atoms with Crippen molar-refractivity contribution < 1.29 is 47.5 Å². The van der Waals surface area contributed by atoms with Crippen LogP contribution < -0.4 is 0 Å². The van der Waals surface area contributed by atoms with Crippen LogP contribution in [-0.4, -0.2) is 125 Å². The van der Waals surface area contributed by atoms with Crippen molar-refractivity contribution in [3.63, 3.8) is 0 Å². The second kappa shape index (κ2) is 19.5. The lowest BCUT2D eigenvalue weighted by Crippen LogP contribution is -2.59. The number of aryl methyl sites for hydroxylation is 1. The van der Waals surface area contributed by atoms with Crippen molar-refractivity contribution in [3.05, 3.63) is 52.0 Å². The summed E-state index contributed by atoms with van der Waals surface area (Å²) in [7, 11) is 9.18. The van der Waals surface area contributed by atoms with Crippen LogP contribution in [0.25, 0.3) is 10.6 Å². The number of hydrogen-bond donors (Lipinski definition) is 0. The van der Waals surface area contributed by atoms with E-state index >= 15 is 4.79 Å². The van der Waals surface area contributed by atoms with Gasteiger partial charge < -0.3 is 42.8 Å². The van der Waals surface area contributed by atoms with E-state index < -0.39 is 18.3 Å². The van der Waals surface area contributed by atoms with Crippen LogP contribution in [0.15, 0.2) is 35.9 Å². The molecule has 3 aliphatic heterocycles. The van der Waals surface area contributed by atoms with Crippen LogP contribution in [-0.2, 0) is 47.5 Å². The average molecular weight is 879 g/mol. The normalized spacial score (nSPS) is 40.1. The minimum absolute atomic E-state index is 0.0105. The highest BCUT2D eigenvalue weighted by atomic mass is 32.1. The van der Waals surface area contributed by atoms with E-state index in [1.807, 2.05) is 13.8 Å². The highest BCUT2D eigenvalue weighted by Crippen LogP contribution is 2.63. The minimum atomic E-state index is -0.654. The van der Waals surface area contributed by atoms with Gasteiger partial charge in [0.05, 0.1) is 36.5 Å². The molecule has 4 heterocycles. The second-order valence-corrected chi connectivity index (χ2v) is 20.2. The Kier molecular flexibility index (Phi) is 14.4. The molecule has 3 saturated heterocycles. The fourth-order valence-corrected chi connectivity index (χ4v) is 13.2. The van der Waals surface area contributed by atoms with Crippen LogP contribution in [0.5, 0.6) is 0 Å². The molecule has 3 aliphatic carbocycles. The molecule has 342 valence electrons. The highest BCUT2D eigenvalue weighted by Gasteiger charge is 2.57. The van der Waals surface area contributed by atoms with Gasteiger partial charge in [-0.3, -0.25) is 9.59 Å². The van der Waals surface area contributed by atoms with E-state index in [9.17, 15) is 4.79 Å². The number of methoxy groups -OCH3 is 3. The van der Waals surface area contributed by atoms with E-state index in [0.717, 1.165) is 66.8 Å². The Morgan fingerprint density at radius 3 is 2.27 bits per heavy atom. The summed E-state index contributed by atoms with van der Waals surface area (Å²) in [5.41, 5.74) is 3.98. The van der Waals surface area contributed by atoms with Crippen LogP contribution in [0.4, 0.5) is 0 Å². The molecule has 8 rings (SSSR count). The third-order valence-corrected chi connectivity index (χ3v) is 16.4. The van der Waals surface area contributed by atoms with Gasteiger partial charge in [0.2, 0.25) is 0 Å². The number of carbonyl (C=O) groups is 2. The summed E-state index contributed by atoms with van der Waals surface area (Å²) >= 11 is 1.75. The summed E-state index contributed by atoms with van der Waals surface area (Å²) < 4.78 is 50.6. The number of esters is 1. The molecule has 0 spiro atoms. The molecular weight excluding hydrogens is 809 g/mol. The number of likely N-dealkylation sites (N-methyl/N-ethyl adjacent to an activating group) is 1. The van der Waals surface area contributed by atoms with Gasteiger partial charge >= 0.3 is 5.97 Å². The van der Waals surface area contributed by atoms with Gasteiger partial charge in [0.25, 0.3) is 0 Å². The van der Waals surface area contributed by atoms with Crippen molar-refractivity contribution >= 4 is 23.1 Å². The molecule has 0 N–H and O–H groups in total. The molecule has 62 heavy (non-hydrogen) atoms. The van der Waals surface area contributed by atoms with E-state index in [1.54, 1.807) is 32.7 Å². The van der Waals surface area contributed by atoms with Crippen LogP contribution in [0.2, 0.25) is 0 Å². The highest BCUT2D eigenvalue weighted by molar-refractivity contribution is 7.15. The quantitative estimate of drug-likeness (QED) is 0.215. The SMILES string of the molecule is CC[C@H]1CCC[C@H](O[C@H]2CC[C@H](N(C)C)C(C)O2)[C@@H](C)C(=O)C2=C[C@H]3[C@@H]4C[C@H](O[C@@H]5OC(C)[C@H](OC)C(OC)C5OC)C[C@H]4c4sc(-c5ccc(C)cc5)nc4[C@H]3[C@@H]2CC(=O)O1. The van der Waals surface area contributed by atoms with Gasteiger partial charge in [0.1, 0.15) is 29.4 Å². The van der Waals surface area contributed by atoms with Crippen LogP contribution in [0.1, 0.15) is 113 Å². The van der Waals surface area contributed by atoms with Crippen molar-refractivity contribution in [2.75, 3.05) is 35.4 Å². The lowest BCUT2D eigenvalue weighted by Gasteiger charge is -2.44. The third kappa shape index (κ3) is 9.01. The number of fused-ring (bicyclic) bond motifs is 8. The smallest absolute Gasteiger partial charge is 0.306 e. The maximum absolute atomic E-state index is 15.2. The Hall–Kier alpha value is -2.59. The van der Waals surface area contributed by atoms with E-state index in [0.29, 0.717) is 12.5 Å². The summed E-state index contributed by atoms with van der Waals surface area (Å²) in [5, 5.41) is 0.956. The van der Waals surface area contributed by atoms with E-state index in [4.69, 9.17) is 42.9 Å². The monoisotopic (exact) mass is 878 g/mol. The van der Waals surface area contributed by atoms with Crippen molar-refractivity contribution in [2.45, 2.75) is 172 Å². The number of benzene rings is 1. The number of ketones is 1. The molecule has 0 bridgehead atoms.